The molecule has 0 aliphatic carbocycles. The van der Waals surface area contributed by atoms with Crippen LogP contribution in [-0.4, -0.2) is 25.0 Å². The minimum absolute atomic E-state index is 0.100. The molecule has 0 atom stereocenters. The van der Waals surface area contributed by atoms with Gasteiger partial charge in [0.05, 0.1) is 12.2 Å². The summed E-state index contributed by atoms with van der Waals surface area (Å²) in [5, 5.41) is 5.26. The van der Waals surface area contributed by atoms with Crippen LogP contribution in [0.3, 0.4) is 0 Å². The van der Waals surface area contributed by atoms with Gasteiger partial charge >= 0.3 is 5.97 Å². The normalized spacial score (nSPS) is 10.3. The number of thiophene rings is 1. The first-order chi connectivity index (χ1) is 8.72. The monoisotopic (exact) mass is 263 g/mol. The second-order valence-corrected chi connectivity index (χ2v) is 4.54. The van der Waals surface area contributed by atoms with E-state index in [-0.39, 0.29) is 12.5 Å². The molecular formula is C13H13NO3S. The van der Waals surface area contributed by atoms with Crippen LogP contribution in [0.5, 0.6) is 0 Å². The zero-order valence-electron chi connectivity index (χ0n) is 9.93. The molecule has 5 heteroatoms. The van der Waals surface area contributed by atoms with E-state index in [2.05, 4.69) is 5.32 Å². The highest BCUT2D eigenvalue weighted by Gasteiger charge is 2.12. The van der Waals surface area contributed by atoms with Crippen molar-refractivity contribution in [3.05, 3.63) is 35.2 Å². The molecule has 0 aliphatic rings. The number of benzene rings is 1. The molecule has 4 nitrogen and oxygen atoms in total. The van der Waals surface area contributed by atoms with Gasteiger partial charge in [0.1, 0.15) is 6.54 Å². The van der Waals surface area contributed by atoms with Crippen LogP contribution in [0.25, 0.3) is 10.1 Å². The van der Waals surface area contributed by atoms with Crippen molar-refractivity contribution in [2.75, 3.05) is 13.2 Å². The smallest absolute Gasteiger partial charge is 0.325 e. The van der Waals surface area contributed by atoms with Crippen molar-refractivity contribution in [1.82, 2.24) is 5.32 Å². The summed E-state index contributed by atoms with van der Waals surface area (Å²) in [5.74, 6) is -0.675. The van der Waals surface area contributed by atoms with Crippen LogP contribution in [0.15, 0.2) is 29.6 Å². The number of nitrogens with one attached hydrogen (secondary N) is 1. The van der Waals surface area contributed by atoms with Crippen LogP contribution < -0.4 is 5.32 Å². The van der Waals surface area contributed by atoms with E-state index in [1.54, 1.807) is 12.3 Å². The lowest BCUT2D eigenvalue weighted by atomic mass is 10.2. The molecule has 0 aliphatic heterocycles. The summed E-state index contributed by atoms with van der Waals surface area (Å²) >= 11 is 1.51. The number of esters is 1. The number of carbonyl (C=O) groups excluding carboxylic acids is 2. The van der Waals surface area contributed by atoms with Crippen molar-refractivity contribution in [2.45, 2.75) is 6.92 Å². The molecule has 1 amide bonds. The van der Waals surface area contributed by atoms with Crippen molar-refractivity contribution in [3.8, 4) is 0 Å². The Hall–Kier alpha value is -1.88. The van der Waals surface area contributed by atoms with E-state index >= 15 is 0 Å². The molecule has 1 aromatic heterocycles. The van der Waals surface area contributed by atoms with Gasteiger partial charge in [-0.05, 0) is 13.0 Å². The number of hydrogen-bond acceptors (Lipinski definition) is 4. The van der Waals surface area contributed by atoms with Gasteiger partial charge in [0.25, 0.3) is 5.91 Å². The molecule has 0 fully saturated rings. The van der Waals surface area contributed by atoms with E-state index < -0.39 is 5.97 Å². The summed E-state index contributed by atoms with van der Waals surface area (Å²) < 4.78 is 5.80. The van der Waals surface area contributed by atoms with Gasteiger partial charge in [-0.2, -0.15) is 0 Å². The highest BCUT2D eigenvalue weighted by atomic mass is 32.1. The average molecular weight is 263 g/mol. The molecule has 0 radical (unpaired) electrons. The number of carbonyl (C=O) groups is 2. The average Bonchev–Trinajstić information content (AvgIpc) is 2.80. The fourth-order valence-corrected chi connectivity index (χ4v) is 2.55. The Balaban J connectivity index is 2.07. The van der Waals surface area contributed by atoms with E-state index in [9.17, 15) is 9.59 Å². The highest BCUT2D eigenvalue weighted by Crippen LogP contribution is 2.25. The van der Waals surface area contributed by atoms with Crippen LogP contribution in [0, 0.1) is 0 Å². The van der Waals surface area contributed by atoms with Gasteiger partial charge in [-0.1, -0.05) is 18.2 Å². The predicted molar refractivity (Wildman–Crippen MR) is 70.8 cm³/mol. The summed E-state index contributed by atoms with van der Waals surface area (Å²) in [5.41, 5.74) is 0.597. The number of hydrogen-bond donors (Lipinski definition) is 1. The number of amides is 1. The number of fused-ring (bicyclic) bond motifs is 1. The van der Waals surface area contributed by atoms with Gasteiger partial charge < -0.3 is 10.1 Å². The van der Waals surface area contributed by atoms with Crippen LogP contribution in [0.4, 0.5) is 0 Å². The third kappa shape index (κ3) is 2.68. The topological polar surface area (TPSA) is 55.4 Å². The number of ether oxygens (including phenoxy) is 1. The van der Waals surface area contributed by atoms with Crippen LogP contribution in [-0.2, 0) is 9.53 Å². The molecule has 0 saturated heterocycles. The van der Waals surface area contributed by atoms with E-state index in [0.717, 1.165) is 10.1 Å². The lowest BCUT2D eigenvalue weighted by Gasteiger charge is -2.04. The largest absolute Gasteiger partial charge is 0.465 e. The molecule has 1 N–H and O–H groups in total. The van der Waals surface area contributed by atoms with Gasteiger partial charge in [-0.3, -0.25) is 9.59 Å². The molecule has 2 rings (SSSR count). The van der Waals surface area contributed by atoms with E-state index in [0.29, 0.717) is 12.2 Å². The second-order valence-electron chi connectivity index (χ2n) is 3.63. The van der Waals surface area contributed by atoms with Crippen molar-refractivity contribution in [2.24, 2.45) is 0 Å². The molecule has 0 bridgehead atoms. The summed E-state index contributed by atoms with van der Waals surface area (Å²) in [4.78, 5) is 23.1. The standard InChI is InChI=1S/C13H13NO3S/c1-2-17-12(15)7-14-13(16)10-8-18-11-6-4-3-5-9(10)11/h3-6,8H,2,7H2,1H3,(H,14,16). The molecule has 2 aromatic rings. The first kappa shape index (κ1) is 12.6. The van der Waals surface area contributed by atoms with Gasteiger partial charge in [-0.25, -0.2) is 0 Å². The van der Waals surface area contributed by atoms with E-state index in [4.69, 9.17) is 4.74 Å². The maximum atomic E-state index is 11.9. The van der Waals surface area contributed by atoms with Crippen molar-refractivity contribution in [3.63, 3.8) is 0 Å². The molecule has 1 aromatic carbocycles. The van der Waals surface area contributed by atoms with E-state index in [1.807, 2.05) is 24.3 Å². The molecule has 94 valence electrons. The third-order valence-electron chi connectivity index (χ3n) is 2.42. The van der Waals surface area contributed by atoms with Crippen molar-refractivity contribution in [1.29, 1.82) is 0 Å². The summed E-state index contributed by atoms with van der Waals surface area (Å²) in [6.07, 6.45) is 0. The van der Waals surface area contributed by atoms with Crippen LogP contribution in [0.1, 0.15) is 17.3 Å². The maximum absolute atomic E-state index is 11.9. The Labute approximate surface area is 109 Å². The molecule has 0 saturated carbocycles. The van der Waals surface area contributed by atoms with Crippen LogP contribution in [0.2, 0.25) is 0 Å². The lowest BCUT2D eigenvalue weighted by Crippen LogP contribution is -2.30. The van der Waals surface area contributed by atoms with Crippen molar-refractivity contribution < 1.29 is 14.3 Å². The molecule has 18 heavy (non-hydrogen) atoms. The van der Waals surface area contributed by atoms with E-state index in [1.165, 1.54) is 11.3 Å². The highest BCUT2D eigenvalue weighted by molar-refractivity contribution is 7.17. The van der Waals surface area contributed by atoms with Crippen molar-refractivity contribution >= 4 is 33.3 Å². The third-order valence-corrected chi connectivity index (χ3v) is 3.39. The van der Waals surface area contributed by atoms with Gasteiger partial charge in [0.2, 0.25) is 0 Å². The van der Waals surface area contributed by atoms with Gasteiger partial charge in [0.15, 0.2) is 0 Å². The Bertz CT molecular complexity index is 576. The molecule has 0 unspecified atom stereocenters. The molecule has 0 spiro atoms. The van der Waals surface area contributed by atoms with Gasteiger partial charge in [0, 0.05) is 15.5 Å². The number of rotatable bonds is 4. The SMILES string of the molecule is CCOC(=O)CNC(=O)c1csc2ccccc12. The summed E-state index contributed by atoms with van der Waals surface area (Å²) in [6, 6.07) is 7.67. The lowest BCUT2D eigenvalue weighted by molar-refractivity contribution is -0.141. The zero-order chi connectivity index (χ0) is 13.0. The fraction of sp³-hybridized carbons (Fsp3) is 0.231. The predicted octanol–water partition coefficient (Wildman–Crippen LogP) is 2.19. The second kappa shape index (κ2) is 5.64. The van der Waals surface area contributed by atoms with Gasteiger partial charge in [-0.15, -0.1) is 11.3 Å². The Morgan fingerprint density at radius 3 is 2.89 bits per heavy atom. The summed E-state index contributed by atoms with van der Waals surface area (Å²) in [6.45, 7) is 1.94. The minimum Gasteiger partial charge on any atom is -0.465 e. The molecular weight excluding hydrogens is 250 g/mol. The molecule has 1 heterocycles. The fourth-order valence-electron chi connectivity index (χ4n) is 1.61. The first-order valence-corrected chi connectivity index (χ1v) is 6.50. The quantitative estimate of drug-likeness (QED) is 0.860. The Kier molecular flexibility index (Phi) is 3.94. The first-order valence-electron chi connectivity index (χ1n) is 5.62. The Morgan fingerprint density at radius 1 is 1.33 bits per heavy atom. The minimum atomic E-state index is -0.426. The maximum Gasteiger partial charge on any atom is 0.325 e. The van der Waals surface area contributed by atoms with Crippen LogP contribution >= 0.6 is 11.3 Å². The Morgan fingerprint density at radius 2 is 2.11 bits per heavy atom. The zero-order valence-corrected chi connectivity index (χ0v) is 10.8. The summed E-state index contributed by atoms with van der Waals surface area (Å²) in [7, 11) is 0.